The van der Waals surface area contributed by atoms with E-state index in [0.717, 1.165) is 38.2 Å². The van der Waals surface area contributed by atoms with Crippen molar-refractivity contribution < 1.29 is 8.81 Å². The van der Waals surface area contributed by atoms with Gasteiger partial charge >= 0.3 is 0 Å². The maximum absolute atomic E-state index is 13.3. The van der Waals surface area contributed by atoms with Crippen molar-refractivity contribution in [1.29, 1.82) is 5.26 Å². The lowest BCUT2D eigenvalue weighted by Gasteiger charge is -2.39. The Labute approximate surface area is 210 Å². The van der Waals surface area contributed by atoms with Crippen molar-refractivity contribution in [3.05, 3.63) is 119 Å². The summed E-state index contributed by atoms with van der Waals surface area (Å²) in [5, 5.41) is 9.76. The van der Waals surface area contributed by atoms with E-state index >= 15 is 0 Å². The number of hydrogen-bond donors (Lipinski definition) is 0. The Morgan fingerprint density at radius 3 is 2.03 bits per heavy atom. The van der Waals surface area contributed by atoms with Crippen LogP contribution in [0, 0.1) is 17.1 Å². The second-order valence-corrected chi connectivity index (χ2v) is 9.56. The van der Waals surface area contributed by atoms with Crippen LogP contribution in [0.5, 0.6) is 0 Å². The highest BCUT2D eigenvalue weighted by Gasteiger charge is 2.44. The van der Waals surface area contributed by atoms with Crippen LogP contribution < -0.4 is 4.90 Å². The molecule has 2 heterocycles. The van der Waals surface area contributed by atoms with Crippen molar-refractivity contribution in [3.8, 4) is 6.07 Å². The molecule has 180 valence electrons. The number of nitriles is 1. The minimum atomic E-state index is -0.234. The Bertz CT molecular complexity index is 1320. The number of hydrogen-bond acceptors (Lipinski definition) is 5. The summed E-state index contributed by atoms with van der Waals surface area (Å²) in [4.78, 5) is 9.19. The molecule has 0 amide bonds. The first-order valence-electron chi connectivity index (χ1n) is 12.5. The number of anilines is 1. The number of rotatable bonds is 6. The largest absolute Gasteiger partial charge is 0.423 e. The molecule has 0 radical (unpaired) electrons. The number of aromatic nitrogens is 1. The van der Waals surface area contributed by atoms with Gasteiger partial charge in [-0.1, -0.05) is 72.8 Å². The third-order valence-corrected chi connectivity index (χ3v) is 7.33. The normalized spacial score (nSPS) is 19.9. The molecular weight excluding hydrogens is 451 g/mol. The molecule has 0 bridgehead atoms. The predicted octanol–water partition coefficient (Wildman–Crippen LogP) is 5.87. The third kappa shape index (κ3) is 4.38. The van der Waals surface area contributed by atoms with E-state index in [-0.39, 0.29) is 23.7 Å². The maximum atomic E-state index is 13.3. The van der Waals surface area contributed by atoms with Gasteiger partial charge in [0.1, 0.15) is 11.9 Å². The number of benzene rings is 3. The molecule has 2 fully saturated rings. The summed E-state index contributed by atoms with van der Waals surface area (Å²) in [6, 6.07) is 30.3. The first kappa shape index (κ1) is 22.5. The summed E-state index contributed by atoms with van der Waals surface area (Å²) in [5.41, 5.74) is 3.99. The SMILES string of the molecule is N#Cc1nc(C2CC2c2ccc(F)cc2)oc1N1CCN(C(c2ccccc2)c2ccccc2)CC1. The van der Waals surface area contributed by atoms with Gasteiger partial charge in [0.2, 0.25) is 17.5 Å². The fraction of sp³-hybridized carbons (Fsp3) is 0.267. The van der Waals surface area contributed by atoms with E-state index in [0.29, 0.717) is 17.5 Å². The van der Waals surface area contributed by atoms with Crippen LogP contribution in [0.4, 0.5) is 10.3 Å². The molecule has 6 rings (SSSR count). The van der Waals surface area contributed by atoms with Crippen LogP contribution in [0.3, 0.4) is 0 Å². The standard InChI is InChI=1S/C30H27FN4O/c31-24-13-11-21(12-14-24)25-19-26(25)29-33-27(20-32)30(36-29)35-17-15-34(16-18-35)28(22-7-3-1-4-8-22)23-9-5-2-6-10-23/h1-14,25-26,28H,15-19H2. The Hall–Kier alpha value is -3.95. The van der Waals surface area contributed by atoms with Crippen molar-refractivity contribution in [2.45, 2.75) is 24.3 Å². The fourth-order valence-corrected chi connectivity index (χ4v) is 5.39. The van der Waals surface area contributed by atoms with Crippen molar-refractivity contribution in [3.63, 3.8) is 0 Å². The average Bonchev–Trinajstić information content (AvgIpc) is 3.61. The van der Waals surface area contributed by atoms with E-state index in [9.17, 15) is 9.65 Å². The van der Waals surface area contributed by atoms with Crippen molar-refractivity contribution in [2.24, 2.45) is 0 Å². The average molecular weight is 479 g/mol. The van der Waals surface area contributed by atoms with Gasteiger partial charge in [-0.15, -0.1) is 0 Å². The van der Waals surface area contributed by atoms with Crippen LogP contribution in [0.15, 0.2) is 89.3 Å². The van der Waals surface area contributed by atoms with Crippen LogP contribution in [0.25, 0.3) is 0 Å². The molecule has 1 aromatic heterocycles. The third-order valence-electron chi connectivity index (χ3n) is 7.33. The second kappa shape index (κ2) is 9.60. The highest BCUT2D eigenvalue weighted by molar-refractivity contribution is 5.49. The van der Waals surface area contributed by atoms with Crippen LogP contribution >= 0.6 is 0 Å². The van der Waals surface area contributed by atoms with E-state index in [1.54, 1.807) is 0 Å². The molecule has 1 saturated carbocycles. The van der Waals surface area contributed by atoms with Gasteiger partial charge in [-0.3, -0.25) is 4.90 Å². The van der Waals surface area contributed by atoms with Gasteiger partial charge in [-0.25, -0.2) is 9.37 Å². The van der Waals surface area contributed by atoms with Crippen molar-refractivity contribution in [2.75, 3.05) is 31.1 Å². The highest BCUT2D eigenvalue weighted by atomic mass is 19.1. The monoisotopic (exact) mass is 478 g/mol. The molecule has 1 saturated heterocycles. The van der Waals surface area contributed by atoms with Crippen LogP contribution in [0.1, 0.15) is 52.6 Å². The van der Waals surface area contributed by atoms with Crippen LogP contribution in [-0.2, 0) is 0 Å². The minimum Gasteiger partial charge on any atom is -0.423 e. The van der Waals surface area contributed by atoms with E-state index < -0.39 is 0 Å². The van der Waals surface area contributed by atoms with Crippen LogP contribution in [0.2, 0.25) is 0 Å². The van der Waals surface area contributed by atoms with E-state index in [4.69, 9.17) is 4.42 Å². The molecule has 5 nitrogen and oxygen atoms in total. The molecule has 1 aliphatic carbocycles. The minimum absolute atomic E-state index is 0.137. The maximum Gasteiger partial charge on any atom is 0.234 e. The summed E-state index contributed by atoms with van der Waals surface area (Å²) in [7, 11) is 0. The zero-order chi connectivity index (χ0) is 24.5. The molecule has 1 aliphatic heterocycles. The molecule has 2 aliphatic rings. The number of oxazole rings is 1. The smallest absolute Gasteiger partial charge is 0.234 e. The predicted molar refractivity (Wildman–Crippen MR) is 136 cm³/mol. The molecule has 3 aromatic carbocycles. The summed E-state index contributed by atoms with van der Waals surface area (Å²) < 4.78 is 19.5. The number of halogens is 1. The van der Waals surface area contributed by atoms with E-state index in [1.807, 2.05) is 12.1 Å². The summed E-state index contributed by atoms with van der Waals surface area (Å²) in [5.74, 6) is 1.36. The first-order valence-corrected chi connectivity index (χ1v) is 12.5. The van der Waals surface area contributed by atoms with Gasteiger partial charge in [0.05, 0.1) is 6.04 Å². The second-order valence-electron chi connectivity index (χ2n) is 9.56. The lowest BCUT2D eigenvalue weighted by Crippen LogP contribution is -2.48. The van der Waals surface area contributed by atoms with E-state index in [1.165, 1.54) is 23.3 Å². The molecule has 36 heavy (non-hydrogen) atoms. The van der Waals surface area contributed by atoms with Gasteiger partial charge < -0.3 is 9.32 Å². The van der Waals surface area contributed by atoms with Crippen LogP contribution in [-0.4, -0.2) is 36.1 Å². The molecule has 2 atom stereocenters. The number of nitrogens with zero attached hydrogens (tertiary/aromatic N) is 4. The molecule has 4 aromatic rings. The molecule has 6 heteroatoms. The zero-order valence-corrected chi connectivity index (χ0v) is 19.9. The Balaban J connectivity index is 1.18. The topological polar surface area (TPSA) is 56.3 Å². The molecule has 2 unspecified atom stereocenters. The van der Waals surface area contributed by atoms with Crippen molar-refractivity contribution in [1.82, 2.24) is 9.88 Å². The molecular formula is C30H27FN4O. The Morgan fingerprint density at radius 1 is 0.833 bits per heavy atom. The summed E-state index contributed by atoms with van der Waals surface area (Å²) >= 11 is 0. The Morgan fingerprint density at radius 2 is 1.44 bits per heavy atom. The Kier molecular flexibility index (Phi) is 6.00. The zero-order valence-electron chi connectivity index (χ0n) is 19.9. The first-order chi connectivity index (χ1) is 17.7. The molecule has 0 spiro atoms. The highest BCUT2D eigenvalue weighted by Crippen LogP contribution is 2.55. The van der Waals surface area contributed by atoms with Gasteiger partial charge in [-0.05, 0) is 41.2 Å². The summed E-state index contributed by atoms with van der Waals surface area (Å²) in [6.45, 7) is 3.20. The van der Waals surface area contributed by atoms with Gasteiger partial charge in [0.25, 0.3) is 0 Å². The molecule has 0 N–H and O–H groups in total. The van der Waals surface area contributed by atoms with Gasteiger partial charge in [0, 0.05) is 32.1 Å². The van der Waals surface area contributed by atoms with Crippen molar-refractivity contribution >= 4 is 5.88 Å². The lowest BCUT2D eigenvalue weighted by atomic mass is 9.96. The quantitative estimate of drug-likeness (QED) is 0.347. The van der Waals surface area contributed by atoms with Gasteiger partial charge in [0.15, 0.2) is 0 Å². The summed E-state index contributed by atoms with van der Waals surface area (Å²) in [6.07, 6.45) is 0.903. The van der Waals surface area contributed by atoms with Gasteiger partial charge in [-0.2, -0.15) is 5.26 Å². The van der Waals surface area contributed by atoms with E-state index in [2.05, 4.69) is 81.5 Å². The fourth-order valence-electron chi connectivity index (χ4n) is 5.39. The number of piperazine rings is 1. The lowest BCUT2D eigenvalue weighted by molar-refractivity contribution is 0.209.